The monoisotopic (exact) mass is 341 g/mol. The Morgan fingerprint density at radius 2 is 2.04 bits per heavy atom. The van der Waals surface area contributed by atoms with Crippen LogP contribution in [0.1, 0.15) is 39.5 Å². The van der Waals surface area contributed by atoms with Crippen molar-refractivity contribution in [1.82, 2.24) is 9.97 Å². The van der Waals surface area contributed by atoms with E-state index in [1.807, 2.05) is 18.2 Å². The number of nitrogens with one attached hydrogen (secondary N) is 1. The number of amides is 1. The predicted molar refractivity (Wildman–Crippen MR) is 105 cm³/mol. The van der Waals surface area contributed by atoms with Crippen LogP contribution in [-0.4, -0.2) is 29.0 Å². The maximum atomic E-state index is 11.5. The normalized spacial score (nSPS) is 10.6. The van der Waals surface area contributed by atoms with Gasteiger partial charge < -0.3 is 16.0 Å². The number of nitrogen functional groups attached to an aromatic ring is 1. The van der Waals surface area contributed by atoms with Crippen LogP contribution in [0.4, 0.5) is 17.5 Å². The highest BCUT2D eigenvalue weighted by Gasteiger charge is 2.14. The van der Waals surface area contributed by atoms with Crippen molar-refractivity contribution in [3.63, 3.8) is 0 Å². The Morgan fingerprint density at radius 3 is 2.72 bits per heavy atom. The van der Waals surface area contributed by atoms with Crippen molar-refractivity contribution < 1.29 is 4.79 Å². The van der Waals surface area contributed by atoms with Crippen LogP contribution in [0.25, 0.3) is 10.9 Å². The van der Waals surface area contributed by atoms with E-state index < -0.39 is 0 Å². The van der Waals surface area contributed by atoms with Crippen LogP contribution in [0.3, 0.4) is 0 Å². The van der Waals surface area contributed by atoms with Gasteiger partial charge in [0.1, 0.15) is 5.82 Å². The Morgan fingerprint density at radius 1 is 1.24 bits per heavy atom. The smallest absolute Gasteiger partial charge is 0.247 e. The van der Waals surface area contributed by atoms with Gasteiger partial charge in [0.05, 0.1) is 5.52 Å². The molecule has 0 spiro atoms. The first-order chi connectivity index (χ1) is 12.1. The third-order valence-electron chi connectivity index (χ3n) is 3.97. The van der Waals surface area contributed by atoms with Gasteiger partial charge in [-0.25, -0.2) is 4.98 Å². The number of carbonyl (C=O) groups is 1. The summed E-state index contributed by atoms with van der Waals surface area (Å²) in [5, 5.41) is 3.69. The number of nitrogens with two attached hydrogens (primary N) is 1. The fourth-order valence-electron chi connectivity index (χ4n) is 2.79. The molecule has 0 fully saturated rings. The lowest BCUT2D eigenvalue weighted by molar-refractivity contribution is -0.111. The molecule has 0 aliphatic carbocycles. The quantitative estimate of drug-likeness (QED) is 0.536. The van der Waals surface area contributed by atoms with Crippen LogP contribution in [0.2, 0.25) is 0 Å². The van der Waals surface area contributed by atoms with Crippen molar-refractivity contribution in [2.75, 3.05) is 29.0 Å². The zero-order valence-corrected chi connectivity index (χ0v) is 15.1. The summed E-state index contributed by atoms with van der Waals surface area (Å²) in [5.41, 5.74) is 7.32. The van der Waals surface area contributed by atoms with Crippen molar-refractivity contribution in [2.45, 2.75) is 39.5 Å². The lowest BCUT2D eigenvalue weighted by Crippen LogP contribution is -2.27. The average Bonchev–Trinajstić information content (AvgIpc) is 2.60. The fourth-order valence-corrected chi connectivity index (χ4v) is 2.79. The van der Waals surface area contributed by atoms with Crippen LogP contribution in [0, 0.1) is 0 Å². The summed E-state index contributed by atoms with van der Waals surface area (Å²) in [4.78, 5) is 22.6. The largest absolute Gasteiger partial charge is 0.368 e. The van der Waals surface area contributed by atoms with Crippen LogP contribution in [0.15, 0.2) is 30.9 Å². The number of anilines is 3. The van der Waals surface area contributed by atoms with Gasteiger partial charge in [-0.05, 0) is 37.1 Å². The molecule has 0 atom stereocenters. The fraction of sp³-hybridized carbons (Fsp3) is 0.421. The van der Waals surface area contributed by atoms with Crippen molar-refractivity contribution in [3.05, 3.63) is 30.9 Å². The second-order valence-corrected chi connectivity index (χ2v) is 6.02. The Bertz CT molecular complexity index is 744. The van der Waals surface area contributed by atoms with Crippen LogP contribution >= 0.6 is 0 Å². The van der Waals surface area contributed by atoms with Gasteiger partial charge in [-0.15, -0.1) is 0 Å². The van der Waals surface area contributed by atoms with E-state index in [4.69, 9.17) is 5.73 Å². The molecule has 1 heterocycles. The molecule has 0 saturated heterocycles. The highest BCUT2D eigenvalue weighted by Crippen LogP contribution is 2.27. The van der Waals surface area contributed by atoms with Crippen molar-refractivity contribution >= 4 is 34.3 Å². The van der Waals surface area contributed by atoms with Gasteiger partial charge in [-0.3, -0.25) is 4.79 Å². The molecule has 0 aliphatic heterocycles. The number of hydrogen-bond donors (Lipinski definition) is 2. The Kier molecular flexibility index (Phi) is 6.74. The lowest BCUT2D eigenvalue weighted by Gasteiger charge is -2.24. The summed E-state index contributed by atoms with van der Waals surface area (Å²) in [7, 11) is 0. The number of aromatic nitrogens is 2. The second kappa shape index (κ2) is 9.01. The Balaban J connectivity index is 2.40. The van der Waals surface area contributed by atoms with Gasteiger partial charge in [0.15, 0.2) is 0 Å². The van der Waals surface area contributed by atoms with Gasteiger partial charge in [-0.2, -0.15) is 4.98 Å². The first-order valence-corrected chi connectivity index (χ1v) is 8.84. The molecule has 6 heteroatoms. The number of unbranched alkanes of at least 4 members (excludes halogenated alkanes) is 2. The summed E-state index contributed by atoms with van der Waals surface area (Å²) in [5.74, 6) is 0.849. The van der Waals surface area contributed by atoms with Gasteiger partial charge in [0, 0.05) is 24.2 Å². The molecule has 0 aliphatic rings. The molecule has 6 nitrogen and oxygen atoms in total. The van der Waals surface area contributed by atoms with E-state index in [-0.39, 0.29) is 11.9 Å². The summed E-state index contributed by atoms with van der Waals surface area (Å²) in [6.07, 6.45) is 5.76. The summed E-state index contributed by atoms with van der Waals surface area (Å²) >= 11 is 0. The van der Waals surface area contributed by atoms with Gasteiger partial charge in [-0.1, -0.05) is 33.3 Å². The van der Waals surface area contributed by atoms with E-state index >= 15 is 0 Å². The van der Waals surface area contributed by atoms with E-state index in [2.05, 4.69) is 40.6 Å². The van der Waals surface area contributed by atoms with E-state index in [0.717, 1.165) is 42.7 Å². The average molecular weight is 341 g/mol. The van der Waals surface area contributed by atoms with E-state index in [1.54, 1.807) is 0 Å². The molecule has 0 radical (unpaired) electrons. The minimum Gasteiger partial charge on any atom is -0.368 e. The molecule has 134 valence electrons. The molecule has 0 saturated carbocycles. The topological polar surface area (TPSA) is 84.1 Å². The van der Waals surface area contributed by atoms with E-state index in [9.17, 15) is 4.79 Å². The standard InChI is InChI=1S/C19H27N5O/c1-4-7-8-12-24(11-5-2)18-15-10-9-14(21-17(25)6-3)13-16(15)22-19(20)23-18/h6,9-10,13H,3-5,7-8,11-12H2,1-2H3,(H,21,25)(H2,20,22,23). The number of benzene rings is 1. The second-order valence-electron chi connectivity index (χ2n) is 6.02. The highest BCUT2D eigenvalue weighted by atomic mass is 16.1. The van der Waals surface area contributed by atoms with Crippen molar-refractivity contribution in [1.29, 1.82) is 0 Å². The van der Waals surface area contributed by atoms with Gasteiger partial charge >= 0.3 is 0 Å². The number of carbonyl (C=O) groups excluding carboxylic acids is 1. The molecule has 1 aromatic heterocycles. The lowest BCUT2D eigenvalue weighted by atomic mass is 10.1. The molecule has 1 aromatic carbocycles. The summed E-state index contributed by atoms with van der Waals surface area (Å²) in [6.45, 7) is 9.68. The summed E-state index contributed by atoms with van der Waals surface area (Å²) in [6, 6.07) is 5.60. The number of rotatable bonds is 9. The number of fused-ring (bicyclic) bond motifs is 1. The minimum atomic E-state index is -0.256. The van der Waals surface area contributed by atoms with Crippen LogP contribution in [-0.2, 0) is 4.79 Å². The zero-order valence-electron chi connectivity index (χ0n) is 15.1. The molecule has 1 amide bonds. The van der Waals surface area contributed by atoms with Crippen LogP contribution in [0.5, 0.6) is 0 Å². The van der Waals surface area contributed by atoms with Gasteiger partial charge in [0.25, 0.3) is 0 Å². The molecular weight excluding hydrogens is 314 g/mol. The molecule has 25 heavy (non-hydrogen) atoms. The molecule has 0 bridgehead atoms. The Hall–Kier alpha value is -2.63. The van der Waals surface area contributed by atoms with E-state index in [0.29, 0.717) is 5.69 Å². The molecule has 0 unspecified atom stereocenters. The number of nitrogens with zero attached hydrogens (tertiary/aromatic N) is 3. The third-order valence-corrected chi connectivity index (χ3v) is 3.97. The molecule has 2 aromatic rings. The number of hydrogen-bond acceptors (Lipinski definition) is 5. The Labute approximate surface area is 149 Å². The maximum absolute atomic E-state index is 11.5. The first kappa shape index (κ1) is 18.7. The van der Waals surface area contributed by atoms with Gasteiger partial charge in [0.2, 0.25) is 11.9 Å². The zero-order chi connectivity index (χ0) is 18.2. The first-order valence-electron chi connectivity index (χ1n) is 8.84. The third kappa shape index (κ3) is 4.92. The van der Waals surface area contributed by atoms with Crippen molar-refractivity contribution in [2.24, 2.45) is 0 Å². The highest BCUT2D eigenvalue weighted by molar-refractivity contribution is 6.01. The van der Waals surface area contributed by atoms with E-state index in [1.165, 1.54) is 18.9 Å². The summed E-state index contributed by atoms with van der Waals surface area (Å²) < 4.78 is 0. The van der Waals surface area contributed by atoms with Crippen molar-refractivity contribution in [3.8, 4) is 0 Å². The molecular formula is C19H27N5O. The van der Waals surface area contributed by atoms with Crippen LogP contribution < -0.4 is 16.0 Å². The predicted octanol–water partition coefficient (Wildman–Crippen LogP) is 3.74. The molecule has 3 N–H and O–H groups in total. The molecule has 2 rings (SSSR count). The minimum absolute atomic E-state index is 0.242. The maximum Gasteiger partial charge on any atom is 0.247 e. The SMILES string of the molecule is C=CC(=O)Nc1ccc2c(N(CCC)CCCCC)nc(N)nc2c1.